The first kappa shape index (κ1) is 14.6. The maximum Gasteiger partial charge on any atom is 0.233 e. The third-order valence-corrected chi connectivity index (χ3v) is 3.10. The fraction of sp³-hybridized carbons (Fsp3) is 0.429. The Morgan fingerprint density at radius 2 is 2.05 bits per heavy atom. The van der Waals surface area contributed by atoms with Crippen LogP contribution in [0.3, 0.4) is 0 Å². The molecule has 0 radical (unpaired) electrons. The van der Waals surface area contributed by atoms with Gasteiger partial charge in [0.15, 0.2) is 0 Å². The second-order valence-corrected chi connectivity index (χ2v) is 4.67. The average Bonchev–Trinajstić information content (AvgIpc) is 2.85. The molecule has 0 fully saturated rings. The van der Waals surface area contributed by atoms with Gasteiger partial charge in [0.05, 0.1) is 6.04 Å². The first-order valence-electron chi connectivity index (χ1n) is 6.52. The van der Waals surface area contributed by atoms with Crippen LogP contribution in [-0.2, 0) is 0 Å². The molecule has 0 aliphatic carbocycles. The fourth-order valence-electron chi connectivity index (χ4n) is 2.07. The molecule has 0 saturated heterocycles. The van der Waals surface area contributed by atoms with Gasteiger partial charge in [-0.3, -0.25) is 5.32 Å². The molecule has 4 nitrogen and oxygen atoms in total. The van der Waals surface area contributed by atoms with Gasteiger partial charge in [-0.05, 0) is 31.5 Å². The van der Waals surface area contributed by atoms with Gasteiger partial charge in [-0.15, -0.1) is 10.2 Å². The monoisotopic (exact) mass is 281 g/mol. The standard InChI is InChI=1S/C14H17F2N3O/c1-4-13(11-7-10(15)5-6-12(11)16)17-8(2)14-19-18-9(3)20-14/h5-8,13,17H,4H2,1-3H3. The highest BCUT2D eigenvalue weighted by molar-refractivity contribution is 5.22. The summed E-state index contributed by atoms with van der Waals surface area (Å²) in [6, 6.07) is 2.88. The molecule has 0 saturated carbocycles. The predicted octanol–water partition coefficient (Wildman–Crippen LogP) is 3.46. The van der Waals surface area contributed by atoms with Crippen LogP contribution in [-0.4, -0.2) is 10.2 Å². The van der Waals surface area contributed by atoms with Crippen molar-refractivity contribution in [3.63, 3.8) is 0 Å². The second kappa shape index (κ2) is 6.09. The number of hydrogen-bond acceptors (Lipinski definition) is 4. The van der Waals surface area contributed by atoms with Gasteiger partial charge < -0.3 is 4.42 Å². The van der Waals surface area contributed by atoms with Crippen LogP contribution in [0.2, 0.25) is 0 Å². The molecule has 0 bridgehead atoms. The molecule has 1 heterocycles. The van der Waals surface area contributed by atoms with E-state index in [-0.39, 0.29) is 12.1 Å². The number of aryl methyl sites for hydroxylation is 1. The van der Waals surface area contributed by atoms with E-state index in [1.807, 2.05) is 13.8 Å². The van der Waals surface area contributed by atoms with E-state index in [1.54, 1.807) is 6.92 Å². The Labute approximate surface area is 116 Å². The molecule has 0 aliphatic heterocycles. The Morgan fingerprint density at radius 3 is 2.65 bits per heavy atom. The Bertz CT molecular complexity index is 586. The van der Waals surface area contributed by atoms with E-state index in [0.29, 0.717) is 23.8 Å². The summed E-state index contributed by atoms with van der Waals surface area (Å²) in [6.45, 7) is 5.44. The van der Waals surface area contributed by atoms with Crippen LogP contribution in [0.5, 0.6) is 0 Å². The Hall–Kier alpha value is -1.82. The van der Waals surface area contributed by atoms with E-state index in [9.17, 15) is 8.78 Å². The molecule has 2 rings (SSSR count). The molecule has 1 aromatic carbocycles. The summed E-state index contributed by atoms with van der Waals surface area (Å²) in [6.07, 6.45) is 0.609. The Morgan fingerprint density at radius 1 is 1.30 bits per heavy atom. The van der Waals surface area contributed by atoms with Crippen molar-refractivity contribution in [3.8, 4) is 0 Å². The van der Waals surface area contributed by atoms with Gasteiger partial charge >= 0.3 is 0 Å². The number of nitrogens with zero attached hydrogens (tertiary/aromatic N) is 2. The highest BCUT2D eigenvalue weighted by atomic mass is 19.1. The van der Waals surface area contributed by atoms with E-state index in [2.05, 4.69) is 15.5 Å². The normalized spacial score (nSPS) is 14.2. The van der Waals surface area contributed by atoms with E-state index in [1.165, 1.54) is 6.07 Å². The van der Waals surface area contributed by atoms with Crippen molar-refractivity contribution < 1.29 is 13.2 Å². The van der Waals surface area contributed by atoms with Crippen molar-refractivity contribution in [3.05, 3.63) is 47.2 Å². The first-order valence-corrected chi connectivity index (χ1v) is 6.52. The van der Waals surface area contributed by atoms with Crippen LogP contribution < -0.4 is 5.32 Å². The molecular weight excluding hydrogens is 264 g/mol. The van der Waals surface area contributed by atoms with Crippen LogP contribution in [0.1, 0.15) is 49.7 Å². The first-order chi connectivity index (χ1) is 9.51. The van der Waals surface area contributed by atoms with E-state index in [0.717, 1.165) is 12.1 Å². The summed E-state index contributed by atoms with van der Waals surface area (Å²) >= 11 is 0. The topological polar surface area (TPSA) is 51.0 Å². The summed E-state index contributed by atoms with van der Waals surface area (Å²) in [5, 5.41) is 10.9. The number of aromatic nitrogens is 2. The van der Waals surface area contributed by atoms with Crippen LogP contribution in [0, 0.1) is 18.6 Å². The largest absolute Gasteiger partial charge is 0.424 e. The lowest BCUT2D eigenvalue weighted by Crippen LogP contribution is -2.25. The lowest BCUT2D eigenvalue weighted by Gasteiger charge is -2.21. The van der Waals surface area contributed by atoms with Crippen molar-refractivity contribution in [2.24, 2.45) is 0 Å². The summed E-state index contributed by atoms with van der Waals surface area (Å²) in [4.78, 5) is 0. The second-order valence-electron chi connectivity index (χ2n) is 4.67. The molecule has 2 unspecified atom stereocenters. The molecule has 1 N–H and O–H groups in total. The van der Waals surface area contributed by atoms with Crippen LogP contribution >= 0.6 is 0 Å². The molecule has 0 aliphatic rings. The molecule has 20 heavy (non-hydrogen) atoms. The molecular formula is C14H17F2N3O. The van der Waals surface area contributed by atoms with Gasteiger partial charge in [0.25, 0.3) is 0 Å². The maximum atomic E-state index is 13.8. The Balaban J connectivity index is 2.18. The maximum absolute atomic E-state index is 13.8. The summed E-state index contributed by atoms with van der Waals surface area (Å²) in [5.74, 6) is 0.0130. The number of benzene rings is 1. The van der Waals surface area contributed by atoms with Gasteiger partial charge in [0.2, 0.25) is 11.8 Å². The summed E-state index contributed by atoms with van der Waals surface area (Å²) < 4.78 is 32.4. The van der Waals surface area contributed by atoms with Crippen molar-refractivity contribution in [2.45, 2.75) is 39.3 Å². The van der Waals surface area contributed by atoms with Crippen molar-refractivity contribution in [2.75, 3.05) is 0 Å². The number of halogens is 2. The van der Waals surface area contributed by atoms with Crippen LogP contribution in [0.4, 0.5) is 8.78 Å². The summed E-state index contributed by atoms with van der Waals surface area (Å²) in [5.41, 5.74) is 0.301. The SMILES string of the molecule is CCC(NC(C)c1nnc(C)o1)c1cc(F)ccc1F. The molecule has 0 spiro atoms. The highest BCUT2D eigenvalue weighted by Crippen LogP contribution is 2.24. The quantitative estimate of drug-likeness (QED) is 0.912. The van der Waals surface area contributed by atoms with Gasteiger partial charge in [0.1, 0.15) is 11.6 Å². The van der Waals surface area contributed by atoms with Gasteiger partial charge in [-0.25, -0.2) is 8.78 Å². The van der Waals surface area contributed by atoms with Gasteiger partial charge in [0, 0.05) is 18.5 Å². The zero-order chi connectivity index (χ0) is 14.7. The Kier molecular flexibility index (Phi) is 4.44. The van der Waals surface area contributed by atoms with E-state index >= 15 is 0 Å². The number of nitrogens with one attached hydrogen (secondary N) is 1. The minimum atomic E-state index is -0.456. The minimum absolute atomic E-state index is 0.246. The third-order valence-electron chi connectivity index (χ3n) is 3.10. The predicted molar refractivity (Wildman–Crippen MR) is 70.0 cm³/mol. The molecule has 6 heteroatoms. The van der Waals surface area contributed by atoms with Crippen molar-refractivity contribution in [1.29, 1.82) is 0 Å². The molecule has 2 aromatic rings. The smallest absolute Gasteiger partial charge is 0.233 e. The molecule has 2 atom stereocenters. The molecule has 1 aromatic heterocycles. The van der Waals surface area contributed by atoms with E-state index in [4.69, 9.17) is 4.42 Å². The molecule has 108 valence electrons. The highest BCUT2D eigenvalue weighted by Gasteiger charge is 2.20. The minimum Gasteiger partial charge on any atom is -0.424 e. The van der Waals surface area contributed by atoms with Gasteiger partial charge in [-0.1, -0.05) is 6.92 Å². The summed E-state index contributed by atoms with van der Waals surface area (Å²) in [7, 11) is 0. The fourth-order valence-corrected chi connectivity index (χ4v) is 2.07. The van der Waals surface area contributed by atoms with Crippen molar-refractivity contribution >= 4 is 0 Å². The number of rotatable bonds is 5. The average molecular weight is 281 g/mol. The van der Waals surface area contributed by atoms with Crippen molar-refractivity contribution in [1.82, 2.24) is 15.5 Å². The third kappa shape index (κ3) is 3.19. The van der Waals surface area contributed by atoms with Crippen LogP contribution in [0.15, 0.2) is 22.6 Å². The lowest BCUT2D eigenvalue weighted by molar-refractivity contribution is 0.362. The van der Waals surface area contributed by atoms with Crippen LogP contribution in [0.25, 0.3) is 0 Å². The number of hydrogen-bond donors (Lipinski definition) is 1. The zero-order valence-corrected chi connectivity index (χ0v) is 11.7. The molecule has 0 amide bonds. The van der Waals surface area contributed by atoms with E-state index < -0.39 is 11.6 Å². The van der Waals surface area contributed by atoms with Gasteiger partial charge in [-0.2, -0.15) is 0 Å². The lowest BCUT2D eigenvalue weighted by atomic mass is 10.0. The zero-order valence-electron chi connectivity index (χ0n) is 11.7.